The molecule has 1 amide bonds. The van der Waals surface area contributed by atoms with Crippen LogP contribution in [0.25, 0.3) is 10.2 Å². The molecule has 22 heavy (non-hydrogen) atoms. The lowest BCUT2D eigenvalue weighted by atomic mass is 10.2. The van der Waals surface area contributed by atoms with E-state index in [-0.39, 0.29) is 5.91 Å². The third kappa shape index (κ3) is 3.20. The number of aryl methyl sites for hydroxylation is 1. The highest BCUT2D eigenvalue weighted by atomic mass is 32.1. The normalized spacial score (nSPS) is 10.9. The van der Waals surface area contributed by atoms with Gasteiger partial charge in [-0.3, -0.25) is 4.79 Å². The Morgan fingerprint density at radius 3 is 2.73 bits per heavy atom. The van der Waals surface area contributed by atoms with Gasteiger partial charge in [0.2, 0.25) is 0 Å². The lowest BCUT2D eigenvalue weighted by Gasteiger charge is -2.20. The van der Waals surface area contributed by atoms with Crippen LogP contribution in [-0.2, 0) is 4.74 Å². The van der Waals surface area contributed by atoms with Gasteiger partial charge in [0, 0.05) is 26.7 Å². The Morgan fingerprint density at radius 2 is 2.09 bits per heavy atom. The van der Waals surface area contributed by atoms with E-state index in [0.717, 1.165) is 34.7 Å². The molecule has 0 unspecified atom stereocenters. The summed E-state index contributed by atoms with van der Waals surface area (Å²) in [5.74, 6) is 0.822. The number of fused-ring (bicyclic) bond motifs is 1. The number of nitrogens with zero attached hydrogens (tertiary/aromatic N) is 3. The highest BCUT2D eigenvalue weighted by Gasteiger charge is 2.20. The molecule has 0 aliphatic carbocycles. The molecule has 0 spiro atoms. The number of nitrogens with one attached hydrogen (secondary N) is 1. The first-order valence-corrected chi connectivity index (χ1v) is 8.21. The Labute approximate surface area is 134 Å². The highest BCUT2D eigenvalue weighted by molar-refractivity contribution is 7.20. The average Bonchev–Trinajstić information content (AvgIpc) is 2.87. The van der Waals surface area contributed by atoms with E-state index in [1.54, 1.807) is 13.4 Å². The summed E-state index contributed by atoms with van der Waals surface area (Å²) < 4.78 is 4.96. The predicted octanol–water partition coefficient (Wildman–Crippen LogP) is 2.22. The lowest BCUT2D eigenvalue weighted by molar-refractivity contribution is 0.0940. The van der Waals surface area contributed by atoms with Crippen molar-refractivity contribution in [2.45, 2.75) is 20.8 Å². The third-order valence-corrected chi connectivity index (χ3v) is 4.77. The fourth-order valence-corrected chi connectivity index (χ4v) is 3.44. The van der Waals surface area contributed by atoms with Gasteiger partial charge >= 0.3 is 0 Å². The number of rotatable bonds is 7. The van der Waals surface area contributed by atoms with Crippen molar-refractivity contribution in [3.63, 3.8) is 0 Å². The molecule has 0 aromatic carbocycles. The second kappa shape index (κ2) is 7.51. The summed E-state index contributed by atoms with van der Waals surface area (Å²) in [6, 6.07) is 0. The van der Waals surface area contributed by atoms with E-state index in [1.807, 2.05) is 6.92 Å². The second-order valence-electron chi connectivity index (χ2n) is 4.85. The summed E-state index contributed by atoms with van der Waals surface area (Å²) in [6.45, 7) is 8.88. The molecular weight excluding hydrogens is 300 g/mol. The molecule has 0 atom stereocenters. The van der Waals surface area contributed by atoms with Crippen LogP contribution in [-0.4, -0.2) is 49.2 Å². The topological polar surface area (TPSA) is 67.4 Å². The average molecular weight is 322 g/mol. The Hall–Kier alpha value is -1.73. The predicted molar refractivity (Wildman–Crippen MR) is 89.9 cm³/mol. The van der Waals surface area contributed by atoms with Gasteiger partial charge in [-0.25, -0.2) is 9.97 Å². The van der Waals surface area contributed by atoms with Crippen LogP contribution >= 0.6 is 11.3 Å². The van der Waals surface area contributed by atoms with Gasteiger partial charge in [0.05, 0.1) is 16.9 Å². The molecule has 120 valence electrons. The van der Waals surface area contributed by atoms with Crippen molar-refractivity contribution < 1.29 is 9.53 Å². The maximum atomic E-state index is 12.3. The van der Waals surface area contributed by atoms with Crippen LogP contribution in [0.15, 0.2) is 6.33 Å². The molecule has 0 saturated carbocycles. The Balaban J connectivity index is 2.41. The quantitative estimate of drug-likeness (QED) is 0.792. The van der Waals surface area contributed by atoms with Crippen molar-refractivity contribution in [3.05, 3.63) is 16.8 Å². The van der Waals surface area contributed by atoms with Crippen molar-refractivity contribution in [3.8, 4) is 0 Å². The van der Waals surface area contributed by atoms with Gasteiger partial charge in [-0.05, 0) is 26.3 Å². The molecule has 2 heterocycles. The molecule has 1 N–H and O–H groups in total. The molecular formula is C15H22N4O2S. The maximum absolute atomic E-state index is 12.3. The molecule has 2 aromatic rings. The van der Waals surface area contributed by atoms with E-state index in [9.17, 15) is 4.79 Å². The fourth-order valence-electron chi connectivity index (χ4n) is 2.38. The first-order chi connectivity index (χ1) is 10.6. The van der Waals surface area contributed by atoms with E-state index in [2.05, 4.69) is 34.0 Å². The van der Waals surface area contributed by atoms with Crippen molar-refractivity contribution in [1.82, 2.24) is 15.3 Å². The first-order valence-electron chi connectivity index (χ1n) is 7.40. The number of carbonyl (C=O) groups excluding carboxylic acids is 1. The smallest absolute Gasteiger partial charge is 0.261 e. The van der Waals surface area contributed by atoms with Crippen LogP contribution in [0.2, 0.25) is 0 Å². The number of hydrogen-bond donors (Lipinski definition) is 1. The number of aromatic nitrogens is 2. The van der Waals surface area contributed by atoms with E-state index in [0.29, 0.717) is 18.0 Å². The summed E-state index contributed by atoms with van der Waals surface area (Å²) in [6.07, 6.45) is 1.57. The van der Waals surface area contributed by atoms with Crippen LogP contribution in [0.4, 0.5) is 5.82 Å². The number of carbonyl (C=O) groups is 1. The minimum absolute atomic E-state index is 0.0805. The molecule has 6 nitrogen and oxygen atoms in total. The van der Waals surface area contributed by atoms with E-state index < -0.39 is 0 Å². The standard InChI is InChI=1S/C15H22N4O2S/c1-5-19(6-2)13-11-10(3)12(14(20)16-7-8-21-4)22-15(11)18-9-17-13/h9H,5-8H2,1-4H3,(H,16,20). The maximum Gasteiger partial charge on any atom is 0.261 e. The van der Waals surface area contributed by atoms with Crippen molar-refractivity contribution >= 4 is 33.3 Å². The first kappa shape index (κ1) is 16.6. The second-order valence-corrected chi connectivity index (χ2v) is 5.85. The van der Waals surface area contributed by atoms with E-state index in [4.69, 9.17) is 4.74 Å². The number of amides is 1. The van der Waals surface area contributed by atoms with Crippen LogP contribution in [0.1, 0.15) is 29.1 Å². The van der Waals surface area contributed by atoms with Gasteiger partial charge < -0.3 is 15.0 Å². The minimum Gasteiger partial charge on any atom is -0.383 e. The molecule has 2 aromatic heterocycles. The third-order valence-electron chi connectivity index (χ3n) is 3.57. The van der Waals surface area contributed by atoms with Gasteiger partial charge in [-0.2, -0.15) is 0 Å². The van der Waals surface area contributed by atoms with Crippen molar-refractivity contribution in [2.75, 3.05) is 38.3 Å². The minimum atomic E-state index is -0.0805. The van der Waals surface area contributed by atoms with Crippen LogP contribution in [0, 0.1) is 6.92 Å². The summed E-state index contributed by atoms with van der Waals surface area (Å²) in [5, 5.41) is 3.84. The molecule has 7 heteroatoms. The molecule has 0 radical (unpaired) electrons. The van der Waals surface area contributed by atoms with Crippen LogP contribution in [0.3, 0.4) is 0 Å². The van der Waals surface area contributed by atoms with E-state index >= 15 is 0 Å². The van der Waals surface area contributed by atoms with Gasteiger partial charge in [0.1, 0.15) is 17.0 Å². The number of ether oxygens (including phenoxy) is 1. The zero-order chi connectivity index (χ0) is 16.1. The van der Waals surface area contributed by atoms with Gasteiger partial charge in [0.25, 0.3) is 5.91 Å². The SMILES string of the molecule is CCN(CC)c1ncnc2sc(C(=O)NCCOC)c(C)c12. The molecule has 0 saturated heterocycles. The number of anilines is 1. The number of methoxy groups -OCH3 is 1. The number of thiophene rings is 1. The largest absolute Gasteiger partial charge is 0.383 e. The summed E-state index contributed by atoms with van der Waals surface area (Å²) in [4.78, 5) is 24.8. The Bertz CT molecular complexity index is 652. The highest BCUT2D eigenvalue weighted by Crippen LogP contribution is 2.34. The molecule has 0 aliphatic heterocycles. The molecule has 0 bridgehead atoms. The monoisotopic (exact) mass is 322 g/mol. The lowest BCUT2D eigenvalue weighted by Crippen LogP contribution is -2.26. The summed E-state index contributed by atoms with van der Waals surface area (Å²) in [5.41, 5.74) is 0.942. The van der Waals surface area contributed by atoms with E-state index in [1.165, 1.54) is 11.3 Å². The summed E-state index contributed by atoms with van der Waals surface area (Å²) >= 11 is 1.41. The zero-order valence-electron chi connectivity index (χ0n) is 13.5. The van der Waals surface area contributed by atoms with Crippen molar-refractivity contribution in [1.29, 1.82) is 0 Å². The van der Waals surface area contributed by atoms with Crippen LogP contribution < -0.4 is 10.2 Å². The fraction of sp³-hybridized carbons (Fsp3) is 0.533. The van der Waals surface area contributed by atoms with Gasteiger partial charge in [0.15, 0.2) is 0 Å². The number of hydrogen-bond acceptors (Lipinski definition) is 6. The van der Waals surface area contributed by atoms with Gasteiger partial charge in [-0.1, -0.05) is 0 Å². The molecule has 0 aliphatic rings. The Kier molecular flexibility index (Phi) is 5.68. The molecule has 2 rings (SSSR count). The summed E-state index contributed by atoms with van der Waals surface area (Å²) in [7, 11) is 1.61. The molecule has 0 fully saturated rings. The van der Waals surface area contributed by atoms with Gasteiger partial charge in [-0.15, -0.1) is 11.3 Å². The van der Waals surface area contributed by atoms with Crippen molar-refractivity contribution in [2.24, 2.45) is 0 Å². The van der Waals surface area contributed by atoms with Crippen LogP contribution in [0.5, 0.6) is 0 Å². The Morgan fingerprint density at radius 1 is 1.36 bits per heavy atom. The zero-order valence-corrected chi connectivity index (χ0v) is 14.3.